The monoisotopic (exact) mass is 331 g/mol. The maximum Gasteiger partial charge on any atom is 0.433 e. The predicted molar refractivity (Wildman–Crippen MR) is 79.4 cm³/mol. The van der Waals surface area contributed by atoms with Crippen molar-refractivity contribution < 1.29 is 17.9 Å². The molecule has 0 spiro atoms. The molecular weight excluding hydrogens is 311 g/mol. The van der Waals surface area contributed by atoms with Crippen LogP contribution >= 0.6 is 0 Å². The van der Waals surface area contributed by atoms with E-state index < -0.39 is 11.9 Å². The summed E-state index contributed by atoms with van der Waals surface area (Å²) < 4.78 is 44.1. The van der Waals surface area contributed by atoms with Crippen molar-refractivity contribution >= 4 is 11.8 Å². The number of morpholine rings is 1. The van der Waals surface area contributed by atoms with Crippen LogP contribution in [-0.4, -0.2) is 60.3 Å². The van der Waals surface area contributed by atoms with Gasteiger partial charge in [-0.2, -0.15) is 18.2 Å². The molecule has 128 valence electrons. The molecule has 0 unspecified atom stereocenters. The first-order valence-electron chi connectivity index (χ1n) is 7.77. The van der Waals surface area contributed by atoms with Gasteiger partial charge in [-0.1, -0.05) is 0 Å². The predicted octanol–water partition coefficient (Wildman–Crippen LogP) is 1.81. The van der Waals surface area contributed by atoms with E-state index in [1.165, 1.54) is 0 Å². The number of nitrogens with one attached hydrogen (secondary N) is 2. The maximum atomic E-state index is 12.9. The first kappa shape index (κ1) is 16.3. The number of hydrogen-bond donors (Lipinski definition) is 2. The van der Waals surface area contributed by atoms with Gasteiger partial charge in [-0.25, -0.2) is 4.98 Å². The maximum absolute atomic E-state index is 12.9. The van der Waals surface area contributed by atoms with Crippen LogP contribution < -0.4 is 10.6 Å². The molecule has 1 saturated carbocycles. The smallest absolute Gasteiger partial charge is 0.379 e. The minimum Gasteiger partial charge on any atom is -0.379 e. The SMILES string of the molecule is FC(F)(F)c1cc(NCCN2CCOCC2)nc(NC2CC2)n1. The number of alkyl halides is 3. The van der Waals surface area contributed by atoms with Gasteiger partial charge in [0.2, 0.25) is 5.95 Å². The summed E-state index contributed by atoms with van der Waals surface area (Å²) in [5.74, 6) is 0.236. The second-order valence-electron chi connectivity index (χ2n) is 5.76. The van der Waals surface area contributed by atoms with Gasteiger partial charge >= 0.3 is 6.18 Å². The highest BCUT2D eigenvalue weighted by atomic mass is 19.4. The lowest BCUT2D eigenvalue weighted by Gasteiger charge is -2.26. The van der Waals surface area contributed by atoms with Crippen LogP contribution in [-0.2, 0) is 10.9 Å². The van der Waals surface area contributed by atoms with Gasteiger partial charge in [0, 0.05) is 38.3 Å². The number of halogens is 3. The van der Waals surface area contributed by atoms with Crippen LogP contribution in [0.5, 0.6) is 0 Å². The Morgan fingerprint density at radius 1 is 1.22 bits per heavy atom. The lowest BCUT2D eigenvalue weighted by molar-refractivity contribution is -0.141. The van der Waals surface area contributed by atoms with Crippen molar-refractivity contribution in [3.05, 3.63) is 11.8 Å². The highest BCUT2D eigenvalue weighted by Crippen LogP contribution is 2.31. The number of hydrogen-bond acceptors (Lipinski definition) is 6. The average molecular weight is 331 g/mol. The van der Waals surface area contributed by atoms with Crippen LogP contribution in [0.2, 0.25) is 0 Å². The average Bonchev–Trinajstić information content (AvgIpc) is 3.31. The Morgan fingerprint density at radius 3 is 2.61 bits per heavy atom. The summed E-state index contributed by atoms with van der Waals surface area (Å²) in [6.45, 7) is 4.33. The van der Waals surface area contributed by atoms with E-state index in [1.54, 1.807) is 0 Å². The number of nitrogens with zero attached hydrogens (tertiary/aromatic N) is 3. The molecule has 9 heteroatoms. The zero-order valence-corrected chi connectivity index (χ0v) is 12.7. The molecule has 1 saturated heterocycles. The van der Waals surface area contributed by atoms with Crippen LogP contribution in [0.4, 0.5) is 24.9 Å². The van der Waals surface area contributed by atoms with E-state index in [-0.39, 0.29) is 17.8 Å². The molecule has 0 amide bonds. The molecule has 2 heterocycles. The van der Waals surface area contributed by atoms with Crippen LogP contribution in [0.1, 0.15) is 18.5 Å². The van der Waals surface area contributed by atoms with Gasteiger partial charge in [-0.3, -0.25) is 4.90 Å². The van der Waals surface area contributed by atoms with E-state index in [4.69, 9.17) is 4.74 Å². The molecule has 1 aliphatic carbocycles. The molecule has 0 aromatic carbocycles. The molecule has 1 aromatic rings. The third kappa shape index (κ3) is 4.93. The summed E-state index contributed by atoms with van der Waals surface area (Å²) in [6.07, 6.45) is -2.59. The van der Waals surface area contributed by atoms with Gasteiger partial charge in [0.15, 0.2) is 5.69 Å². The molecule has 1 aromatic heterocycles. The summed E-state index contributed by atoms with van der Waals surface area (Å²) >= 11 is 0. The Labute approximate surface area is 132 Å². The van der Waals surface area contributed by atoms with Crippen molar-refractivity contribution in [2.75, 3.05) is 50.0 Å². The molecule has 23 heavy (non-hydrogen) atoms. The second-order valence-corrected chi connectivity index (χ2v) is 5.76. The third-order valence-corrected chi connectivity index (χ3v) is 3.77. The van der Waals surface area contributed by atoms with Gasteiger partial charge in [0.05, 0.1) is 13.2 Å². The van der Waals surface area contributed by atoms with Crippen LogP contribution in [0.3, 0.4) is 0 Å². The van der Waals surface area contributed by atoms with E-state index >= 15 is 0 Å². The first-order valence-corrected chi connectivity index (χ1v) is 7.77. The summed E-state index contributed by atoms with van der Waals surface area (Å²) in [7, 11) is 0. The zero-order valence-electron chi connectivity index (χ0n) is 12.7. The molecule has 3 rings (SSSR count). The molecule has 0 atom stereocenters. The van der Waals surface area contributed by atoms with Crippen molar-refractivity contribution in [1.82, 2.24) is 14.9 Å². The normalized spacial score (nSPS) is 19.6. The summed E-state index contributed by atoms with van der Waals surface area (Å²) in [6, 6.07) is 1.15. The molecule has 2 fully saturated rings. The highest BCUT2D eigenvalue weighted by molar-refractivity contribution is 5.44. The van der Waals surface area contributed by atoms with Crippen molar-refractivity contribution in [2.24, 2.45) is 0 Å². The fraction of sp³-hybridized carbons (Fsp3) is 0.714. The standard InChI is InChI=1S/C14H20F3N5O/c15-14(16,17)11-9-12(21-13(20-11)19-10-1-2-10)18-3-4-22-5-7-23-8-6-22/h9-10H,1-8H2,(H2,18,19,20,21). The van der Waals surface area contributed by atoms with Crippen molar-refractivity contribution in [2.45, 2.75) is 25.1 Å². The van der Waals surface area contributed by atoms with Crippen LogP contribution in [0, 0.1) is 0 Å². The van der Waals surface area contributed by atoms with Crippen LogP contribution in [0.25, 0.3) is 0 Å². The molecule has 2 aliphatic rings. The fourth-order valence-corrected chi connectivity index (χ4v) is 2.32. The van der Waals surface area contributed by atoms with Crippen molar-refractivity contribution in [1.29, 1.82) is 0 Å². The lowest BCUT2D eigenvalue weighted by atomic mass is 10.3. The first-order chi connectivity index (χ1) is 11.0. The molecular formula is C14H20F3N5O. The second kappa shape index (κ2) is 6.88. The molecule has 1 aliphatic heterocycles. The van der Waals surface area contributed by atoms with E-state index in [0.717, 1.165) is 38.5 Å². The number of aromatic nitrogens is 2. The topological polar surface area (TPSA) is 62.3 Å². The third-order valence-electron chi connectivity index (χ3n) is 3.77. The van der Waals surface area contributed by atoms with Gasteiger partial charge in [0.25, 0.3) is 0 Å². The minimum atomic E-state index is -4.48. The van der Waals surface area contributed by atoms with Crippen molar-refractivity contribution in [3.63, 3.8) is 0 Å². The lowest BCUT2D eigenvalue weighted by Crippen LogP contribution is -2.39. The molecule has 2 N–H and O–H groups in total. The molecule has 0 bridgehead atoms. The largest absolute Gasteiger partial charge is 0.433 e. The quantitative estimate of drug-likeness (QED) is 0.829. The van der Waals surface area contributed by atoms with Gasteiger partial charge in [-0.05, 0) is 12.8 Å². The van der Waals surface area contributed by atoms with E-state index in [9.17, 15) is 13.2 Å². The summed E-state index contributed by atoms with van der Waals surface area (Å²) in [5, 5.41) is 5.88. The Hall–Kier alpha value is -1.61. The number of anilines is 2. The Balaban J connectivity index is 1.61. The van der Waals surface area contributed by atoms with Gasteiger partial charge in [0.1, 0.15) is 5.82 Å². The highest BCUT2D eigenvalue weighted by Gasteiger charge is 2.34. The summed E-state index contributed by atoms with van der Waals surface area (Å²) in [5.41, 5.74) is -0.926. The minimum absolute atomic E-state index is 0.0381. The molecule has 0 radical (unpaired) electrons. The number of ether oxygens (including phenoxy) is 1. The van der Waals surface area contributed by atoms with Crippen molar-refractivity contribution in [3.8, 4) is 0 Å². The van der Waals surface area contributed by atoms with Gasteiger partial charge < -0.3 is 15.4 Å². The fourth-order valence-electron chi connectivity index (χ4n) is 2.32. The van der Waals surface area contributed by atoms with Gasteiger partial charge in [-0.15, -0.1) is 0 Å². The Bertz CT molecular complexity index is 530. The van der Waals surface area contributed by atoms with E-state index in [2.05, 4.69) is 25.5 Å². The van der Waals surface area contributed by atoms with E-state index in [1.807, 2.05) is 0 Å². The van der Waals surface area contributed by atoms with E-state index in [0.29, 0.717) is 19.8 Å². The Morgan fingerprint density at radius 2 is 1.96 bits per heavy atom. The van der Waals surface area contributed by atoms with Crippen LogP contribution in [0.15, 0.2) is 6.07 Å². The zero-order chi connectivity index (χ0) is 16.3. The molecule has 6 nitrogen and oxygen atoms in total. The summed E-state index contributed by atoms with van der Waals surface area (Å²) in [4.78, 5) is 9.90. The Kier molecular flexibility index (Phi) is 4.86. The number of rotatable bonds is 6.